The van der Waals surface area contributed by atoms with Crippen LogP contribution in [0, 0.1) is 19.3 Å². The van der Waals surface area contributed by atoms with Crippen molar-refractivity contribution in [2.45, 2.75) is 13.5 Å². The van der Waals surface area contributed by atoms with Crippen LogP contribution in [-0.4, -0.2) is 24.6 Å². The average Bonchev–Trinajstić information content (AvgIpc) is 2.63. The Morgan fingerprint density at radius 1 is 1.12 bits per heavy atom. The Bertz CT molecular complexity index is 967. The van der Waals surface area contributed by atoms with Crippen molar-refractivity contribution in [3.63, 3.8) is 0 Å². The van der Waals surface area contributed by atoms with E-state index in [0.29, 0.717) is 31.0 Å². The minimum absolute atomic E-state index is 0.368. The Hall–Kier alpha value is -3.03. The molecular formula is C22H21NO3. The summed E-state index contributed by atoms with van der Waals surface area (Å²) in [6.45, 7) is 4.61. The summed E-state index contributed by atoms with van der Waals surface area (Å²) < 4.78 is 11.0. The van der Waals surface area contributed by atoms with Crippen LogP contribution in [0.5, 0.6) is 5.75 Å². The number of hydrogen-bond acceptors (Lipinski definition) is 4. The molecule has 0 atom stereocenters. The number of ether oxygens (including phenoxy) is 1. The van der Waals surface area contributed by atoms with Crippen LogP contribution >= 0.6 is 0 Å². The van der Waals surface area contributed by atoms with E-state index in [9.17, 15) is 4.79 Å². The lowest BCUT2D eigenvalue weighted by molar-refractivity contribution is 0.219. The third-order valence-electron chi connectivity index (χ3n) is 4.11. The van der Waals surface area contributed by atoms with E-state index in [1.165, 1.54) is 17.2 Å². The number of aryl methyl sites for hydroxylation is 1. The topological polar surface area (TPSA) is 42.7 Å². The zero-order valence-corrected chi connectivity index (χ0v) is 14.8. The Labute approximate surface area is 153 Å². The summed E-state index contributed by atoms with van der Waals surface area (Å²) in [5.74, 6) is 3.37. The summed E-state index contributed by atoms with van der Waals surface area (Å²) in [5, 5.41) is 0.866. The Balaban J connectivity index is 1.60. The Morgan fingerprint density at radius 3 is 2.65 bits per heavy atom. The molecule has 0 amide bonds. The van der Waals surface area contributed by atoms with Crippen LogP contribution in [0.3, 0.4) is 0 Å². The summed E-state index contributed by atoms with van der Waals surface area (Å²) in [6.07, 6.45) is 5.49. The van der Waals surface area contributed by atoms with Crippen LogP contribution in [0.1, 0.15) is 11.1 Å². The van der Waals surface area contributed by atoms with Crippen LogP contribution in [0.2, 0.25) is 0 Å². The first kappa shape index (κ1) is 17.8. The molecule has 0 saturated carbocycles. The monoisotopic (exact) mass is 347 g/mol. The fourth-order valence-corrected chi connectivity index (χ4v) is 2.72. The van der Waals surface area contributed by atoms with Gasteiger partial charge in [-0.15, -0.1) is 6.42 Å². The van der Waals surface area contributed by atoms with Crippen molar-refractivity contribution >= 4 is 11.0 Å². The van der Waals surface area contributed by atoms with Crippen molar-refractivity contribution in [3.05, 3.63) is 76.1 Å². The predicted octanol–water partition coefficient (Wildman–Crippen LogP) is 3.62. The highest BCUT2D eigenvalue weighted by Gasteiger charge is 2.06. The van der Waals surface area contributed by atoms with Crippen molar-refractivity contribution in [1.29, 1.82) is 0 Å². The van der Waals surface area contributed by atoms with Crippen molar-refractivity contribution in [2.75, 3.05) is 19.7 Å². The van der Waals surface area contributed by atoms with Crippen LogP contribution in [0.25, 0.3) is 11.0 Å². The maximum absolute atomic E-state index is 11.3. The highest BCUT2D eigenvalue weighted by molar-refractivity contribution is 5.77. The first-order valence-electron chi connectivity index (χ1n) is 8.52. The fraction of sp³-hybridized carbons (Fsp3) is 0.227. The molecule has 0 saturated heterocycles. The Morgan fingerprint density at radius 2 is 1.88 bits per heavy atom. The zero-order chi connectivity index (χ0) is 18.4. The standard InChI is InChI=1S/C22H21NO3/c1-3-12-23(16-18-6-4-17(2)5-7-18)13-14-25-20-10-8-19-9-11-22(24)26-21(19)15-20/h1,4-11,15H,12-14,16H2,2H3. The molecule has 0 aliphatic rings. The van der Waals surface area contributed by atoms with Crippen molar-refractivity contribution in [3.8, 4) is 18.1 Å². The molecule has 0 aliphatic heterocycles. The second kappa shape index (κ2) is 8.37. The molecule has 3 rings (SSSR count). The molecule has 132 valence electrons. The number of fused-ring (bicyclic) bond motifs is 1. The number of benzene rings is 2. The smallest absolute Gasteiger partial charge is 0.336 e. The van der Waals surface area contributed by atoms with Gasteiger partial charge in [-0.05, 0) is 30.7 Å². The molecule has 4 nitrogen and oxygen atoms in total. The van der Waals surface area contributed by atoms with Crippen LogP contribution in [0.15, 0.2) is 63.8 Å². The van der Waals surface area contributed by atoms with Gasteiger partial charge in [0, 0.05) is 30.6 Å². The first-order valence-corrected chi connectivity index (χ1v) is 8.52. The van der Waals surface area contributed by atoms with Crippen LogP contribution < -0.4 is 10.4 Å². The molecule has 26 heavy (non-hydrogen) atoms. The van der Waals surface area contributed by atoms with Crippen molar-refractivity contribution < 1.29 is 9.15 Å². The van der Waals surface area contributed by atoms with Gasteiger partial charge in [0.2, 0.25) is 0 Å². The number of nitrogens with zero attached hydrogens (tertiary/aromatic N) is 1. The van der Waals surface area contributed by atoms with Gasteiger partial charge in [0.15, 0.2) is 0 Å². The van der Waals surface area contributed by atoms with E-state index in [1.54, 1.807) is 12.1 Å². The van der Waals surface area contributed by atoms with E-state index in [1.807, 2.05) is 12.1 Å². The summed E-state index contributed by atoms with van der Waals surface area (Å²) >= 11 is 0. The summed E-state index contributed by atoms with van der Waals surface area (Å²) in [7, 11) is 0. The number of terminal acetylenes is 1. The third kappa shape index (κ3) is 4.75. The van der Waals surface area contributed by atoms with Crippen LogP contribution in [0.4, 0.5) is 0 Å². The van der Waals surface area contributed by atoms with Gasteiger partial charge >= 0.3 is 5.63 Å². The van der Waals surface area contributed by atoms with Gasteiger partial charge < -0.3 is 9.15 Å². The molecule has 0 fully saturated rings. The molecular weight excluding hydrogens is 326 g/mol. The van der Waals surface area contributed by atoms with E-state index in [0.717, 1.165) is 11.9 Å². The molecule has 1 aromatic heterocycles. The summed E-state index contributed by atoms with van der Waals surface area (Å²) in [4.78, 5) is 13.5. The molecule has 0 spiro atoms. The van der Waals surface area contributed by atoms with E-state index in [-0.39, 0.29) is 5.63 Å². The quantitative estimate of drug-likeness (QED) is 0.484. The molecule has 2 aromatic carbocycles. The van der Waals surface area contributed by atoms with Gasteiger partial charge in [0.1, 0.15) is 17.9 Å². The third-order valence-corrected chi connectivity index (χ3v) is 4.11. The minimum Gasteiger partial charge on any atom is -0.492 e. The van der Waals surface area contributed by atoms with Crippen molar-refractivity contribution in [2.24, 2.45) is 0 Å². The highest BCUT2D eigenvalue weighted by Crippen LogP contribution is 2.19. The minimum atomic E-state index is -0.368. The number of hydrogen-bond donors (Lipinski definition) is 0. The van der Waals surface area contributed by atoms with Gasteiger partial charge in [-0.25, -0.2) is 4.79 Å². The van der Waals surface area contributed by atoms with E-state index < -0.39 is 0 Å². The largest absolute Gasteiger partial charge is 0.492 e. The molecule has 0 radical (unpaired) electrons. The number of rotatable bonds is 7. The first-order chi connectivity index (χ1) is 12.6. The highest BCUT2D eigenvalue weighted by atomic mass is 16.5. The van der Waals surface area contributed by atoms with E-state index in [4.69, 9.17) is 15.6 Å². The Kier molecular flexibility index (Phi) is 5.73. The molecule has 3 aromatic rings. The van der Waals surface area contributed by atoms with Gasteiger partial charge in [-0.1, -0.05) is 35.7 Å². The van der Waals surface area contributed by atoms with Crippen molar-refractivity contribution in [1.82, 2.24) is 4.90 Å². The summed E-state index contributed by atoms with van der Waals surface area (Å²) in [6, 6.07) is 17.1. The second-order valence-corrected chi connectivity index (χ2v) is 6.20. The predicted molar refractivity (Wildman–Crippen MR) is 103 cm³/mol. The normalized spacial score (nSPS) is 10.8. The molecule has 0 unspecified atom stereocenters. The average molecular weight is 347 g/mol. The molecule has 4 heteroatoms. The molecule has 0 N–H and O–H groups in total. The lowest BCUT2D eigenvalue weighted by Gasteiger charge is -2.20. The van der Waals surface area contributed by atoms with E-state index >= 15 is 0 Å². The lowest BCUT2D eigenvalue weighted by atomic mass is 10.1. The summed E-state index contributed by atoms with van der Waals surface area (Å²) in [5.41, 5.74) is 2.62. The SMILES string of the molecule is C#CCN(CCOc1ccc2ccc(=O)oc2c1)Cc1ccc(C)cc1. The molecule has 0 bridgehead atoms. The van der Waals surface area contributed by atoms with Gasteiger partial charge in [0.25, 0.3) is 0 Å². The zero-order valence-electron chi connectivity index (χ0n) is 14.8. The maximum Gasteiger partial charge on any atom is 0.336 e. The second-order valence-electron chi connectivity index (χ2n) is 6.20. The van der Waals surface area contributed by atoms with Gasteiger partial charge in [-0.3, -0.25) is 4.90 Å². The van der Waals surface area contributed by atoms with Gasteiger partial charge in [0.05, 0.1) is 6.54 Å². The van der Waals surface area contributed by atoms with E-state index in [2.05, 4.69) is 42.0 Å². The molecule has 0 aliphatic carbocycles. The van der Waals surface area contributed by atoms with Gasteiger partial charge in [-0.2, -0.15) is 0 Å². The molecule has 1 heterocycles. The lowest BCUT2D eigenvalue weighted by Crippen LogP contribution is -2.28. The van der Waals surface area contributed by atoms with Crippen LogP contribution in [-0.2, 0) is 6.54 Å². The fourth-order valence-electron chi connectivity index (χ4n) is 2.72. The maximum atomic E-state index is 11.3.